The molecule has 1 aromatic heterocycles. The fourth-order valence-electron chi connectivity index (χ4n) is 1.85. The molecule has 0 spiro atoms. The fourth-order valence-corrected chi connectivity index (χ4v) is 2.13. The Morgan fingerprint density at radius 1 is 1.30 bits per heavy atom. The van der Waals surface area contributed by atoms with Crippen molar-refractivity contribution < 1.29 is 4.79 Å². The summed E-state index contributed by atoms with van der Waals surface area (Å²) in [5.41, 5.74) is 2.00. The summed E-state index contributed by atoms with van der Waals surface area (Å²) in [6, 6.07) is 8.83. The Morgan fingerprint density at radius 2 is 2.05 bits per heavy atom. The highest BCUT2D eigenvalue weighted by Crippen LogP contribution is 2.22. The topological polar surface area (TPSA) is 51.1 Å². The van der Waals surface area contributed by atoms with Gasteiger partial charge in [-0.1, -0.05) is 23.7 Å². The summed E-state index contributed by atoms with van der Waals surface area (Å²) in [5.74, 6) is -0.288. The number of aromatic nitrogens is 1. The van der Waals surface area contributed by atoms with Crippen LogP contribution in [0, 0.1) is 13.8 Å². The number of halogens is 1. The predicted molar refractivity (Wildman–Crippen MR) is 80.3 cm³/mol. The molecule has 2 aromatic rings. The summed E-state index contributed by atoms with van der Waals surface area (Å²) in [5, 5.41) is 3.18. The van der Waals surface area contributed by atoms with Crippen molar-refractivity contribution in [2.24, 2.45) is 0 Å². The lowest BCUT2D eigenvalue weighted by atomic mass is 10.2. The highest BCUT2D eigenvalue weighted by Gasteiger charge is 2.08. The molecule has 0 radical (unpaired) electrons. The van der Waals surface area contributed by atoms with E-state index in [9.17, 15) is 9.59 Å². The van der Waals surface area contributed by atoms with Crippen LogP contribution in [0.2, 0.25) is 5.02 Å². The maximum absolute atomic E-state index is 12.0. The van der Waals surface area contributed by atoms with Crippen LogP contribution in [-0.4, -0.2) is 10.5 Å². The van der Waals surface area contributed by atoms with Gasteiger partial charge in [0.05, 0.1) is 10.7 Å². The molecular formula is C15H15ClN2O2. The number of nitrogens with zero attached hydrogens (tertiary/aromatic N) is 1. The molecule has 0 atom stereocenters. The van der Waals surface area contributed by atoms with Crippen LogP contribution < -0.4 is 10.9 Å². The maximum Gasteiger partial charge on any atom is 0.253 e. The van der Waals surface area contributed by atoms with Crippen LogP contribution >= 0.6 is 11.6 Å². The van der Waals surface area contributed by atoms with Crippen molar-refractivity contribution in [1.82, 2.24) is 4.57 Å². The molecule has 1 heterocycles. The third kappa shape index (κ3) is 3.27. The number of aryl methyl sites for hydroxylation is 2. The van der Waals surface area contributed by atoms with Crippen LogP contribution in [0.5, 0.6) is 0 Å². The number of amides is 1. The smallest absolute Gasteiger partial charge is 0.253 e. The van der Waals surface area contributed by atoms with Gasteiger partial charge < -0.3 is 9.88 Å². The van der Waals surface area contributed by atoms with Crippen molar-refractivity contribution in [3.63, 3.8) is 0 Å². The number of carbonyl (C=O) groups excluding carboxylic acids is 1. The second-order valence-corrected chi connectivity index (χ2v) is 5.06. The van der Waals surface area contributed by atoms with Gasteiger partial charge in [0, 0.05) is 11.8 Å². The SMILES string of the molecule is Cc1ccc(NC(=O)Cn2cccc(C)c2=O)c(Cl)c1. The lowest BCUT2D eigenvalue weighted by Crippen LogP contribution is -2.28. The van der Waals surface area contributed by atoms with Crippen LogP contribution in [0.15, 0.2) is 41.3 Å². The lowest BCUT2D eigenvalue weighted by molar-refractivity contribution is -0.116. The average molecular weight is 291 g/mol. The molecular weight excluding hydrogens is 276 g/mol. The molecule has 1 amide bonds. The monoisotopic (exact) mass is 290 g/mol. The van der Waals surface area contributed by atoms with Crippen molar-refractivity contribution in [3.05, 3.63) is 63.0 Å². The van der Waals surface area contributed by atoms with E-state index >= 15 is 0 Å². The van der Waals surface area contributed by atoms with E-state index in [-0.39, 0.29) is 18.0 Å². The van der Waals surface area contributed by atoms with Crippen LogP contribution in [-0.2, 0) is 11.3 Å². The summed E-state index contributed by atoms with van der Waals surface area (Å²) in [4.78, 5) is 23.8. The van der Waals surface area contributed by atoms with Gasteiger partial charge in [0.1, 0.15) is 6.54 Å². The minimum absolute atomic E-state index is 0.0370. The van der Waals surface area contributed by atoms with Crippen molar-refractivity contribution >= 4 is 23.2 Å². The van der Waals surface area contributed by atoms with E-state index in [0.29, 0.717) is 16.3 Å². The molecule has 0 aliphatic heterocycles. The quantitative estimate of drug-likeness (QED) is 0.945. The number of nitrogens with one attached hydrogen (secondary N) is 1. The van der Waals surface area contributed by atoms with Gasteiger partial charge >= 0.3 is 0 Å². The molecule has 0 aliphatic carbocycles. The van der Waals surface area contributed by atoms with Gasteiger partial charge in [0.25, 0.3) is 5.56 Å². The standard InChI is InChI=1S/C15H15ClN2O2/c1-10-5-6-13(12(16)8-10)17-14(19)9-18-7-3-4-11(2)15(18)20/h3-8H,9H2,1-2H3,(H,17,19). The van der Waals surface area contributed by atoms with Crippen LogP contribution in [0.25, 0.3) is 0 Å². The van der Waals surface area contributed by atoms with Crippen LogP contribution in [0.3, 0.4) is 0 Å². The first kappa shape index (κ1) is 14.3. The van der Waals surface area contributed by atoms with E-state index in [4.69, 9.17) is 11.6 Å². The number of pyridine rings is 1. The first-order valence-corrected chi connectivity index (χ1v) is 6.57. The van der Waals surface area contributed by atoms with Crippen LogP contribution in [0.1, 0.15) is 11.1 Å². The highest BCUT2D eigenvalue weighted by atomic mass is 35.5. The van der Waals surface area contributed by atoms with E-state index in [1.165, 1.54) is 4.57 Å². The van der Waals surface area contributed by atoms with Crippen LogP contribution in [0.4, 0.5) is 5.69 Å². The second-order valence-electron chi connectivity index (χ2n) is 4.66. The molecule has 104 valence electrons. The minimum Gasteiger partial charge on any atom is -0.323 e. The third-order valence-corrected chi connectivity index (χ3v) is 3.24. The van der Waals surface area contributed by atoms with Gasteiger partial charge in [-0.3, -0.25) is 9.59 Å². The lowest BCUT2D eigenvalue weighted by Gasteiger charge is -2.09. The molecule has 2 rings (SSSR count). The molecule has 1 N–H and O–H groups in total. The minimum atomic E-state index is -0.288. The molecule has 5 heteroatoms. The van der Waals surface area contributed by atoms with Crippen molar-refractivity contribution in [2.75, 3.05) is 5.32 Å². The molecule has 0 aliphatic rings. The molecule has 0 unspecified atom stereocenters. The zero-order valence-corrected chi connectivity index (χ0v) is 12.1. The molecule has 4 nitrogen and oxygen atoms in total. The summed E-state index contributed by atoms with van der Waals surface area (Å²) < 4.78 is 1.37. The van der Waals surface area contributed by atoms with Crippen molar-refractivity contribution in [1.29, 1.82) is 0 Å². The molecule has 0 fully saturated rings. The van der Waals surface area contributed by atoms with E-state index in [1.807, 2.05) is 13.0 Å². The molecule has 0 saturated carbocycles. The number of hydrogen-bond donors (Lipinski definition) is 1. The Morgan fingerprint density at radius 3 is 2.75 bits per heavy atom. The van der Waals surface area contributed by atoms with Crippen molar-refractivity contribution in [2.45, 2.75) is 20.4 Å². The Balaban J connectivity index is 2.13. The molecule has 20 heavy (non-hydrogen) atoms. The normalized spacial score (nSPS) is 10.3. The van der Waals surface area contributed by atoms with E-state index < -0.39 is 0 Å². The van der Waals surface area contributed by atoms with Gasteiger partial charge in [-0.05, 0) is 37.6 Å². The van der Waals surface area contributed by atoms with Gasteiger partial charge in [0.15, 0.2) is 0 Å². The van der Waals surface area contributed by atoms with E-state index in [1.54, 1.807) is 37.4 Å². The molecule has 0 saturated heterocycles. The molecule has 0 bridgehead atoms. The zero-order chi connectivity index (χ0) is 14.7. The van der Waals surface area contributed by atoms with Crippen molar-refractivity contribution in [3.8, 4) is 0 Å². The highest BCUT2D eigenvalue weighted by molar-refractivity contribution is 6.33. The maximum atomic E-state index is 12.0. The van der Waals surface area contributed by atoms with Gasteiger partial charge in [-0.15, -0.1) is 0 Å². The van der Waals surface area contributed by atoms with Gasteiger partial charge in [-0.25, -0.2) is 0 Å². The number of anilines is 1. The predicted octanol–water partition coefficient (Wildman–Crippen LogP) is 2.76. The Bertz CT molecular complexity index is 707. The zero-order valence-electron chi connectivity index (χ0n) is 11.3. The summed E-state index contributed by atoms with van der Waals surface area (Å²) in [6.45, 7) is 3.60. The Labute approximate surface area is 122 Å². The fraction of sp³-hybridized carbons (Fsp3) is 0.200. The summed E-state index contributed by atoms with van der Waals surface area (Å²) in [6.07, 6.45) is 1.59. The van der Waals surface area contributed by atoms with Gasteiger partial charge in [0.2, 0.25) is 5.91 Å². The van der Waals surface area contributed by atoms with Gasteiger partial charge in [-0.2, -0.15) is 0 Å². The molecule has 1 aromatic carbocycles. The largest absolute Gasteiger partial charge is 0.323 e. The first-order valence-electron chi connectivity index (χ1n) is 6.19. The average Bonchev–Trinajstić information content (AvgIpc) is 2.38. The number of carbonyl (C=O) groups is 1. The first-order chi connectivity index (χ1) is 9.47. The van der Waals surface area contributed by atoms with E-state index in [0.717, 1.165) is 5.56 Å². The summed E-state index contributed by atoms with van der Waals surface area (Å²) >= 11 is 6.05. The Hall–Kier alpha value is -2.07. The number of hydrogen-bond acceptors (Lipinski definition) is 2. The third-order valence-electron chi connectivity index (χ3n) is 2.92. The second kappa shape index (κ2) is 5.92. The Kier molecular flexibility index (Phi) is 4.25. The van der Waals surface area contributed by atoms with E-state index in [2.05, 4.69) is 5.32 Å². The summed E-state index contributed by atoms with van der Waals surface area (Å²) in [7, 11) is 0. The number of benzene rings is 1. The number of rotatable bonds is 3.